The summed E-state index contributed by atoms with van der Waals surface area (Å²) in [4.78, 5) is 4.30. The first-order valence-corrected chi connectivity index (χ1v) is 4.36. The summed E-state index contributed by atoms with van der Waals surface area (Å²) in [5, 5.41) is 0. The van der Waals surface area contributed by atoms with E-state index in [1.807, 2.05) is 36.5 Å². The summed E-state index contributed by atoms with van der Waals surface area (Å²) in [6.45, 7) is 0. The molecule has 0 radical (unpaired) electrons. The Hall–Kier alpha value is -1.41. The van der Waals surface area contributed by atoms with Gasteiger partial charge in [0.05, 0.1) is 11.3 Å². The summed E-state index contributed by atoms with van der Waals surface area (Å²) < 4.78 is 0. The first kappa shape index (κ1) is 8.20. The van der Waals surface area contributed by atoms with Crippen molar-refractivity contribution >= 4 is 5.71 Å². The Labute approximate surface area is 77.9 Å². The van der Waals surface area contributed by atoms with E-state index in [-0.39, 0.29) is 5.54 Å². The second kappa shape index (κ2) is 3.15. The Kier molecular flexibility index (Phi) is 1.99. The fraction of sp³-hybridized carbons (Fsp3) is 0.182. The molecule has 66 valence electrons. The molecule has 2 heteroatoms. The number of nitrogens with two attached hydrogens (primary N) is 1. The zero-order valence-electron chi connectivity index (χ0n) is 7.35. The Bertz CT molecular complexity index is 345. The van der Waals surface area contributed by atoms with Crippen LogP contribution in [0.3, 0.4) is 0 Å². The second-order valence-corrected chi connectivity index (χ2v) is 3.25. The van der Waals surface area contributed by atoms with Gasteiger partial charge in [-0.1, -0.05) is 30.4 Å². The van der Waals surface area contributed by atoms with Gasteiger partial charge in [-0.25, -0.2) is 0 Å². The number of aliphatic imine (C=N–C) groups is 1. The van der Waals surface area contributed by atoms with Crippen LogP contribution in [0, 0.1) is 0 Å². The first-order chi connectivity index (χ1) is 6.31. The van der Waals surface area contributed by atoms with Crippen LogP contribution in [0.1, 0.15) is 6.42 Å². The Morgan fingerprint density at radius 3 is 2.69 bits per heavy atom. The van der Waals surface area contributed by atoms with Crippen molar-refractivity contribution in [2.24, 2.45) is 10.7 Å². The molecule has 13 heavy (non-hydrogen) atoms. The summed E-state index contributed by atoms with van der Waals surface area (Å²) in [6.07, 6.45) is 16.4. The Morgan fingerprint density at radius 1 is 1.23 bits per heavy atom. The molecule has 0 fully saturated rings. The van der Waals surface area contributed by atoms with Gasteiger partial charge in [0.1, 0.15) is 0 Å². The third kappa shape index (κ3) is 1.53. The lowest BCUT2D eigenvalue weighted by Crippen LogP contribution is -2.48. The van der Waals surface area contributed by atoms with Gasteiger partial charge in [-0.05, 0) is 18.6 Å². The lowest BCUT2D eigenvalue weighted by atomic mass is 9.81. The molecule has 1 atom stereocenters. The first-order valence-electron chi connectivity index (χ1n) is 4.36. The maximum absolute atomic E-state index is 6.07. The number of nitrogens with zero attached hydrogens (tertiary/aromatic N) is 1. The molecule has 0 saturated carbocycles. The highest BCUT2D eigenvalue weighted by atomic mass is 14.8. The fourth-order valence-corrected chi connectivity index (χ4v) is 1.33. The van der Waals surface area contributed by atoms with Crippen LogP contribution in [-0.4, -0.2) is 11.3 Å². The molecule has 0 bridgehead atoms. The molecule has 0 saturated heterocycles. The maximum Gasteiger partial charge on any atom is 0.0803 e. The Balaban J connectivity index is 2.27. The third-order valence-corrected chi connectivity index (χ3v) is 2.23. The number of hydrogen-bond donors (Lipinski definition) is 1. The van der Waals surface area contributed by atoms with Gasteiger partial charge in [-0.15, -0.1) is 0 Å². The van der Waals surface area contributed by atoms with Gasteiger partial charge in [-0.2, -0.15) is 0 Å². The molecule has 1 aliphatic heterocycles. The molecular weight excluding hydrogens is 160 g/mol. The average Bonchev–Trinajstić information content (AvgIpc) is 1.99. The standard InChI is InChI=1S/C11H12N2/c12-11(7-5-8-11)10-6-3-1-2-4-9-13-10/h1-7,9H,8,12H2/b2-1+,3-1?,4-2?,6-3+,9-4-,10-6?,13-9?,13-10+. The minimum absolute atomic E-state index is 0.327. The molecule has 0 spiro atoms. The maximum atomic E-state index is 6.07. The number of rotatable bonds is 1. The van der Waals surface area contributed by atoms with E-state index >= 15 is 0 Å². The Morgan fingerprint density at radius 2 is 2.00 bits per heavy atom. The topological polar surface area (TPSA) is 38.4 Å². The normalized spacial score (nSPS) is 42.1. The van der Waals surface area contributed by atoms with Crippen LogP contribution in [0.25, 0.3) is 0 Å². The zero-order chi connectivity index (χ0) is 9.15. The molecule has 2 nitrogen and oxygen atoms in total. The van der Waals surface area contributed by atoms with Crippen LogP contribution in [0.5, 0.6) is 0 Å². The van der Waals surface area contributed by atoms with E-state index in [1.54, 1.807) is 6.20 Å². The quantitative estimate of drug-likeness (QED) is 0.601. The summed E-state index contributed by atoms with van der Waals surface area (Å²) in [5.41, 5.74) is 6.67. The van der Waals surface area contributed by atoms with Gasteiger partial charge < -0.3 is 5.73 Å². The largest absolute Gasteiger partial charge is 0.317 e. The summed E-state index contributed by atoms with van der Waals surface area (Å²) in [5.74, 6) is 0. The fourth-order valence-electron chi connectivity index (χ4n) is 1.33. The van der Waals surface area contributed by atoms with E-state index in [1.165, 1.54) is 0 Å². The molecule has 0 aromatic rings. The average molecular weight is 172 g/mol. The van der Waals surface area contributed by atoms with Gasteiger partial charge in [0, 0.05) is 6.20 Å². The van der Waals surface area contributed by atoms with E-state index in [0.29, 0.717) is 0 Å². The van der Waals surface area contributed by atoms with Crippen LogP contribution in [0.2, 0.25) is 0 Å². The van der Waals surface area contributed by atoms with Crippen molar-refractivity contribution in [3.63, 3.8) is 0 Å². The van der Waals surface area contributed by atoms with E-state index in [2.05, 4.69) is 11.1 Å². The minimum Gasteiger partial charge on any atom is -0.317 e. The van der Waals surface area contributed by atoms with Crippen LogP contribution >= 0.6 is 0 Å². The minimum atomic E-state index is -0.327. The third-order valence-electron chi connectivity index (χ3n) is 2.23. The highest BCUT2D eigenvalue weighted by molar-refractivity contribution is 6.05. The smallest absolute Gasteiger partial charge is 0.0803 e. The molecule has 2 N–H and O–H groups in total. The van der Waals surface area contributed by atoms with Gasteiger partial charge in [0.2, 0.25) is 0 Å². The van der Waals surface area contributed by atoms with Crippen molar-refractivity contribution in [2.75, 3.05) is 0 Å². The lowest BCUT2D eigenvalue weighted by Gasteiger charge is -2.31. The van der Waals surface area contributed by atoms with Gasteiger partial charge in [-0.3, -0.25) is 4.99 Å². The van der Waals surface area contributed by atoms with Crippen molar-refractivity contribution in [1.29, 1.82) is 0 Å². The molecule has 0 aromatic heterocycles. The number of allylic oxidation sites excluding steroid dienone is 4. The lowest BCUT2D eigenvalue weighted by molar-refractivity contribution is 0.655. The monoisotopic (exact) mass is 172 g/mol. The van der Waals surface area contributed by atoms with E-state index in [4.69, 9.17) is 5.73 Å². The molecule has 2 aliphatic rings. The highest BCUT2D eigenvalue weighted by Gasteiger charge is 2.30. The second-order valence-electron chi connectivity index (χ2n) is 3.25. The van der Waals surface area contributed by atoms with Crippen LogP contribution in [0.15, 0.2) is 53.7 Å². The SMILES string of the molecule is NC1(C2=N/C=C\C=C\C=C\2)C=CC1. The summed E-state index contributed by atoms with van der Waals surface area (Å²) >= 11 is 0. The van der Waals surface area contributed by atoms with Gasteiger partial charge >= 0.3 is 0 Å². The van der Waals surface area contributed by atoms with Crippen molar-refractivity contribution < 1.29 is 0 Å². The van der Waals surface area contributed by atoms with Crippen LogP contribution in [0.4, 0.5) is 0 Å². The predicted molar refractivity (Wildman–Crippen MR) is 55.5 cm³/mol. The summed E-state index contributed by atoms with van der Waals surface area (Å²) in [7, 11) is 0. The van der Waals surface area contributed by atoms with Crippen LogP contribution in [-0.2, 0) is 0 Å². The highest BCUT2D eigenvalue weighted by Crippen LogP contribution is 2.22. The van der Waals surface area contributed by atoms with Crippen molar-refractivity contribution in [1.82, 2.24) is 0 Å². The van der Waals surface area contributed by atoms with Gasteiger partial charge in [0.25, 0.3) is 0 Å². The summed E-state index contributed by atoms with van der Waals surface area (Å²) in [6, 6.07) is 0. The molecule has 1 unspecified atom stereocenters. The van der Waals surface area contributed by atoms with E-state index < -0.39 is 0 Å². The van der Waals surface area contributed by atoms with Crippen molar-refractivity contribution in [2.45, 2.75) is 12.0 Å². The molecular formula is C11H12N2. The predicted octanol–water partition coefficient (Wildman–Crippen LogP) is 1.72. The number of hydrogen-bond acceptors (Lipinski definition) is 2. The molecule has 0 aromatic carbocycles. The van der Waals surface area contributed by atoms with Gasteiger partial charge in [0.15, 0.2) is 0 Å². The molecule has 2 rings (SSSR count). The molecule has 1 heterocycles. The molecule has 1 aliphatic carbocycles. The van der Waals surface area contributed by atoms with E-state index in [0.717, 1.165) is 12.1 Å². The van der Waals surface area contributed by atoms with E-state index in [9.17, 15) is 0 Å². The zero-order valence-corrected chi connectivity index (χ0v) is 7.35. The van der Waals surface area contributed by atoms with Crippen LogP contribution < -0.4 is 5.73 Å². The van der Waals surface area contributed by atoms with Crippen molar-refractivity contribution in [3.05, 3.63) is 48.7 Å². The molecule has 0 amide bonds. The van der Waals surface area contributed by atoms with Crippen molar-refractivity contribution in [3.8, 4) is 0 Å².